The van der Waals surface area contributed by atoms with Gasteiger partial charge in [-0.2, -0.15) is 11.3 Å². The average molecular weight is 249 g/mol. The molecule has 1 heterocycles. The molecule has 0 unspecified atom stereocenters. The SMILES string of the molecule is Cc1ccc(S)cc1C(=O)Nc1ccsc1. The van der Waals surface area contributed by atoms with E-state index in [0.29, 0.717) is 5.56 Å². The van der Waals surface area contributed by atoms with E-state index in [2.05, 4.69) is 17.9 Å². The van der Waals surface area contributed by atoms with Gasteiger partial charge in [-0.05, 0) is 36.1 Å². The first-order valence-electron chi connectivity index (χ1n) is 4.80. The summed E-state index contributed by atoms with van der Waals surface area (Å²) in [6, 6.07) is 7.42. The molecule has 16 heavy (non-hydrogen) atoms. The normalized spacial score (nSPS) is 10.1. The van der Waals surface area contributed by atoms with Gasteiger partial charge in [0.15, 0.2) is 0 Å². The summed E-state index contributed by atoms with van der Waals surface area (Å²) in [7, 11) is 0. The largest absolute Gasteiger partial charge is 0.321 e. The van der Waals surface area contributed by atoms with Gasteiger partial charge < -0.3 is 5.32 Å². The van der Waals surface area contributed by atoms with Gasteiger partial charge in [-0.3, -0.25) is 4.79 Å². The lowest BCUT2D eigenvalue weighted by molar-refractivity contribution is 0.102. The Labute approximate surface area is 104 Å². The van der Waals surface area contributed by atoms with Gasteiger partial charge in [-0.15, -0.1) is 12.6 Å². The number of carbonyl (C=O) groups excluding carboxylic acids is 1. The zero-order valence-electron chi connectivity index (χ0n) is 8.73. The maximum absolute atomic E-state index is 11.9. The fraction of sp³-hybridized carbons (Fsp3) is 0.0833. The molecule has 0 saturated carbocycles. The predicted molar refractivity (Wildman–Crippen MR) is 70.7 cm³/mol. The summed E-state index contributed by atoms with van der Waals surface area (Å²) in [6.45, 7) is 1.91. The van der Waals surface area contributed by atoms with E-state index in [-0.39, 0.29) is 5.91 Å². The van der Waals surface area contributed by atoms with Gasteiger partial charge in [-0.25, -0.2) is 0 Å². The molecule has 0 radical (unpaired) electrons. The molecule has 4 heteroatoms. The number of carbonyl (C=O) groups is 1. The number of thiol groups is 1. The minimum Gasteiger partial charge on any atom is -0.321 e. The van der Waals surface area contributed by atoms with Crippen LogP contribution in [0.25, 0.3) is 0 Å². The Bertz CT molecular complexity index is 506. The molecule has 0 atom stereocenters. The highest BCUT2D eigenvalue weighted by Crippen LogP contribution is 2.17. The van der Waals surface area contributed by atoms with E-state index >= 15 is 0 Å². The second kappa shape index (κ2) is 4.72. The Morgan fingerprint density at radius 1 is 1.38 bits per heavy atom. The van der Waals surface area contributed by atoms with Crippen LogP contribution in [0, 0.1) is 6.92 Å². The Hall–Kier alpha value is -1.26. The number of hydrogen-bond acceptors (Lipinski definition) is 3. The second-order valence-electron chi connectivity index (χ2n) is 3.47. The molecule has 0 aliphatic rings. The van der Waals surface area contributed by atoms with Crippen LogP contribution in [0.2, 0.25) is 0 Å². The Balaban J connectivity index is 2.24. The molecule has 2 aromatic rings. The molecule has 0 spiro atoms. The summed E-state index contributed by atoms with van der Waals surface area (Å²) in [4.78, 5) is 12.7. The van der Waals surface area contributed by atoms with Crippen LogP contribution in [0.5, 0.6) is 0 Å². The maximum Gasteiger partial charge on any atom is 0.255 e. The molecule has 0 aliphatic carbocycles. The lowest BCUT2D eigenvalue weighted by atomic mass is 10.1. The molecule has 82 valence electrons. The van der Waals surface area contributed by atoms with Gasteiger partial charge in [0, 0.05) is 15.8 Å². The highest BCUT2D eigenvalue weighted by molar-refractivity contribution is 7.80. The number of anilines is 1. The standard InChI is InChI=1S/C12H11NOS2/c1-8-2-3-10(15)6-11(8)12(14)13-9-4-5-16-7-9/h2-7,15H,1H3,(H,13,14). The average Bonchev–Trinajstić information content (AvgIpc) is 2.74. The van der Waals surface area contributed by atoms with Crippen molar-refractivity contribution in [3.05, 3.63) is 46.2 Å². The van der Waals surface area contributed by atoms with Crippen molar-refractivity contribution in [1.82, 2.24) is 0 Å². The van der Waals surface area contributed by atoms with Gasteiger partial charge in [0.2, 0.25) is 0 Å². The van der Waals surface area contributed by atoms with Crippen LogP contribution in [0.4, 0.5) is 5.69 Å². The highest BCUT2D eigenvalue weighted by atomic mass is 32.1. The third kappa shape index (κ3) is 2.46. The van der Waals surface area contributed by atoms with Crippen LogP contribution in [0.3, 0.4) is 0 Å². The van der Waals surface area contributed by atoms with Crippen LogP contribution >= 0.6 is 24.0 Å². The van der Waals surface area contributed by atoms with E-state index in [0.717, 1.165) is 16.1 Å². The fourth-order valence-electron chi connectivity index (χ4n) is 1.39. The molecule has 2 nitrogen and oxygen atoms in total. The molecule has 1 aromatic heterocycles. The molecule has 2 rings (SSSR count). The lowest BCUT2D eigenvalue weighted by Gasteiger charge is -2.06. The van der Waals surface area contributed by atoms with Gasteiger partial charge in [-0.1, -0.05) is 6.07 Å². The summed E-state index contributed by atoms with van der Waals surface area (Å²) in [5.41, 5.74) is 2.45. The van der Waals surface area contributed by atoms with E-state index in [1.165, 1.54) is 0 Å². The monoisotopic (exact) mass is 249 g/mol. The minimum absolute atomic E-state index is 0.0909. The number of hydrogen-bond donors (Lipinski definition) is 2. The first-order valence-corrected chi connectivity index (χ1v) is 6.19. The van der Waals surface area contributed by atoms with Crippen molar-refractivity contribution in [3.8, 4) is 0 Å². The molecule has 1 aromatic carbocycles. The van der Waals surface area contributed by atoms with Crippen molar-refractivity contribution >= 4 is 35.6 Å². The molecule has 0 aliphatic heterocycles. The molecule has 0 saturated heterocycles. The molecule has 1 amide bonds. The summed E-state index contributed by atoms with van der Waals surface area (Å²) < 4.78 is 0. The smallest absolute Gasteiger partial charge is 0.255 e. The summed E-state index contributed by atoms with van der Waals surface area (Å²) in [5.74, 6) is -0.0909. The number of aryl methyl sites for hydroxylation is 1. The first kappa shape index (κ1) is 11.2. The molecule has 1 N–H and O–H groups in total. The number of nitrogens with one attached hydrogen (secondary N) is 1. The third-order valence-corrected chi connectivity index (χ3v) is 3.21. The summed E-state index contributed by atoms with van der Waals surface area (Å²) in [5, 5.41) is 6.67. The van der Waals surface area contributed by atoms with E-state index in [9.17, 15) is 4.79 Å². The van der Waals surface area contributed by atoms with E-state index in [1.807, 2.05) is 35.9 Å². The molecular formula is C12H11NOS2. The van der Waals surface area contributed by atoms with Crippen molar-refractivity contribution in [3.63, 3.8) is 0 Å². The van der Waals surface area contributed by atoms with Crippen LogP contribution in [0.1, 0.15) is 15.9 Å². The quantitative estimate of drug-likeness (QED) is 0.782. The third-order valence-electron chi connectivity index (χ3n) is 2.24. The number of benzene rings is 1. The van der Waals surface area contributed by atoms with Crippen LogP contribution in [-0.2, 0) is 0 Å². The van der Waals surface area contributed by atoms with Crippen molar-refractivity contribution in [2.75, 3.05) is 5.32 Å². The van der Waals surface area contributed by atoms with Crippen molar-refractivity contribution < 1.29 is 4.79 Å². The van der Waals surface area contributed by atoms with Gasteiger partial charge in [0.05, 0.1) is 5.69 Å². The molecule has 0 fully saturated rings. The number of thiophene rings is 1. The second-order valence-corrected chi connectivity index (χ2v) is 4.76. The Kier molecular flexibility index (Phi) is 3.31. The van der Waals surface area contributed by atoms with Crippen molar-refractivity contribution in [2.45, 2.75) is 11.8 Å². The van der Waals surface area contributed by atoms with Crippen LogP contribution < -0.4 is 5.32 Å². The van der Waals surface area contributed by atoms with Gasteiger partial charge in [0.25, 0.3) is 5.91 Å². The first-order chi connectivity index (χ1) is 7.66. The fourth-order valence-corrected chi connectivity index (χ4v) is 2.18. The zero-order chi connectivity index (χ0) is 11.5. The lowest BCUT2D eigenvalue weighted by Crippen LogP contribution is -2.12. The van der Waals surface area contributed by atoms with E-state index in [4.69, 9.17) is 0 Å². The number of amides is 1. The van der Waals surface area contributed by atoms with Crippen molar-refractivity contribution in [1.29, 1.82) is 0 Å². The minimum atomic E-state index is -0.0909. The van der Waals surface area contributed by atoms with Gasteiger partial charge in [0.1, 0.15) is 0 Å². The summed E-state index contributed by atoms with van der Waals surface area (Å²) in [6.07, 6.45) is 0. The van der Waals surface area contributed by atoms with Crippen molar-refractivity contribution in [2.24, 2.45) is 0 Å². The zero-order valence-corrected chi connectivity index (χ0v) is 10.4. The topological polar surface area (TPSA) is 29.1 Å². The Morgan fingerprint density at radius 2 is 2.19 bits per heavy atom. The number of rotatable bonds is 2. The highest BCUT2D eigenvalue weighted by Gasteiger charge is 2.09. The predicted octanol–water partition coefficient (Wildman–Crippen LogP) is 3.60. The Morgan fingerprint density at radius 3 is 2.88 bits per heavy atom. The molecular weight excluding hydrogens is 238 g/mol. The van der Waals surface area contributed by atoms with Crippen LogP contribution in [-0.4, -0.2) is 5.91 Å². The van der Waals surface area contributed by atoms with Crippen LogP contribution in [0.15, 0.2) is 39.9 Å². The maximum atomic E-state index is 11.9. The van der Waals surface area contributed by atoms with E-state index < -0.39 is 0 Å². The molecule has 0 bridgehead atoms. The van der Waals surface area contributed by atoms with E-state index in [1.54, 1.807) is 17.4 Å². The van der Waals surface area contributed by atoms with Gasteiger partial charge >= 0.3 is 0 Å². The summed E-state index contributed by atoms with van der Waals surface area (Å²) >= 11 is 5.79.